The Labute approximate surface area is 188 Å². The number of halogens is 1. The minimum atomic E-state index is -0.873. The molecule has 4 rings (SSSR count). The summed E-state index contributed by atoms with van der Waals surface area (Å²) in [4.78, 5) is 11.0. The molecule has 3 N–H and O–H groups in total. The van der Waals surface area contributed by atoms with Crippen molar-refractivity contribution < 1.29 is 19.0 Å². The molecule has 1 aromatic heterocycles. The van der Waals surface area contributed by atoms with Gasteiger partial charge >= 0.3 is 5.97 Å². The number of carboxylic acids is 1. The van der Waals surface area contributed by atoms with Gasteiger partial charge in [-0.25, -0.2) is 4.39 Å². The maximum Gasteiger partial charge on any atom is 0.325 e. The van der Waals surface area contributed by atoms with E-state index in [1.165, 1.54) is 11.6 Å². The molecule has 2 heterocycles. The van der Waals surface area contributed by atoms with Crippen LogP contribution in [0.25, 0.3) is 0 Å². The van der Waals surface area contributed by atoms with Crippen LogP contribution in [-0.4, -0.2) is 33.5 Å². The molecule has 0 spiro atoms. The van der Waals surface area contributed by atoms with E-state index in [0.717, 1.165) is 68.2 Å². The van der Waals surface area contributed by atoms with Gasteiger partial charge < -0.3 is 15.6 Å². The summed E-state index contributed by atoms with van der Waals surface area (Å²) in [5.74, 6) is -0.209. The highest BCUT2D eigenvalue weighted by atomic mass is 19.1. The number of nitrogens with two attached hydrogens (primary N) is 1. The molecule has 2 aliphatic rings. The Balaban J connectivity index is 1.41. The second-order valence-corrected chi connectivity index (χ2v) is 9.39. The lowest BCUT2D eigenvalue weighted by Gasteiger charge is -2.39. The predicted molar refractivity (Wildman–Crippen MR) is 120 cm³/mol. The van der Waals surface area contributed by atoms with Crippen LogP contribution in [0.15, 0.2) is 24.4 Å². The first-order valence-electron chi connectivity index (χ1n) is 11.9. The summed E-state index contributed by atoms with van der Waals surface area (Å²) in [6, 6.07) is 4.84. The van der Waals surface area contributed by atoms with Crippen LogP contribution >= 0.6 is 0 Å². The van der Waals surface area contributed by atoms with Crippen molar-refractivity contribution in [3.05, 3.63) is 52.6 Å². The van der Waals surface area contributed by atoms with E-state index in [9.17, 15) is 9.18 Å². The minimum absolute atomic E-state index is 0.0940. The average molecular weight is 444 g/mol. The molecule has 4 atom stereocenters. The second kappa shape index (κ2) is 10.1. The van der Waals surface area contributed by atoms with E-state index in [0.29, 0.717) is 18.4 Å². The zero-order valence-electron chi connectivity index (χ0n) is 18.8. The highest BCUT2D eigenvalue weighted by Gasteiger charge is 2.35. The number of aromatic nitrogens is 2. The molecule has 1 aliphatic heterocycles. The minimum Gasteiger partial charge on any atom is -0.480 e. The van der Waals surface area contributed by atoms with Crippen LogP contribution in [0.2, 0.25) is 0 Å². The zero-order valence-corrected chi connectivity index (χ0v) is 18.8. The molecule has 6 nitrogen and oxygen atoms in total. The number of benzene rings is 1. The van der Waals surface area contributed by atoms with Gasteiger partial charge in [0.2, 0.25) is 0 Å². The van der Waals surface area contributed by atoms with Crippen molar-refractivity contribution in [3.63, 3.8) is 0 Å². The third-order valence-electron chi connectivity index (χ3n) is 7.05. The van der Waals surface area contributed by atoms with Crippen molar-refractivity contribution in [2.45, 2.75) is 77.0 Å². The molecule has 0 radical (unpaired) electrons. The summed E-state index contributed by atoms with van der Waals surface area (Å²) in [5, 5.41) is 13.5. The Morgan fingerprint density at radius 3 is 2.91 bits per heavy atom. The van der Waals surface area contributed by atoms with E-state index in [4.69, 9.17) is 15.6 Å². The van der Waals surface area contributed by atoms with Gasteiger partial charge in [-0.3, -0.25) is 9.48 Å². The van der Waals surface area contributed by atoms with Crippen molar-refractivity contribution in [3.8, 4) is 0 Å². The Morgan fingerprint density at radius 2 is 2.16 bits per heavy atom. The summed E-state index contributed by atoms with van der Waals surface area (Å²) in [6.07, 6.45) is 9.34. The van der Waals surface area contributed by atoms with E-state index in [1.54, 1.807) is 10.7 Å². The van der Waals surface area contributed by atoms with Gasteiger partial charge in [0.1, 0.15) is 12.4 Å². The standard InChI is InChI=1S/C25H34FN3O3/c1-2-4-17-9-10-20(26)12-21(17)25-22(27)11-19(15-32-25)16-5-3-6-23-18(8-7-16)13-29(28-23)14-24(30)31/h9-10,12-13,16,19,22,25H,2-8,11,14-15,27H2,1H3,(H,30,31). The van der Waals surface area contributed by atoms with Crippen LogP contribution in [0, 0.1) is 17.7 Å². The van der Waals surface area contributed by atoms with E-state index in [2.05, 4.69) is 12.0 Å². The van der Waals surface area contributed by atoms with Crippen LogP contribution in [0.3, 0.4) is 0 Å². The number of hydrogen-bond acceptors (Lipinski definition) is 4. The molecule has 1 aliphatic carbocycles. The summed E-state index contributed by atoms with van der Waals surface area (Å²) in [6.45, 7) is 2.68. The Bertz CT molecular complexity index is 945. The topological polar surface area (TPSA) is 90.4 Å². The van der Waals surface area contributed by atoms with Crippen molar-refractivity contribution in [2.24, 2.45) is 17.6 Å². The molecule has 0 saturated carbocycles. The number of fused-ring (bicyclic) bond motifs is 1. The van der Waals surface area contributed by atoms with Gasteiger partial charge in [0.05, 0.1) is 18.4 Å². The van der Waals surface area contributed by atoms with Crippen LogP contribution in [0.4, 0.5) is 4.39 Å². The third kappa shape index (κ3) is 5.21. The molecule has 1 saturated heterocycles. The number of aliphatic carboxylic acids is 1. The van der Waals surface area contributed by atoms with E-state index in [1.807, 2.05) is 12.3 Å². The van der Waals surface area contributed by atoms with E-state index >= 15 is 0 Å². The van der Waals surface area contributed by atoms with E-state index < -0.39 is 5.97 Å². The number of nitrogens with zero attached hydrogens (tertiary/aromatic N) is 2. The number of hydrogen-bond donors (Lipinski definition) is 2. The fraction of sp³-hybridized carbons (Fsp3) is 0.600. The molecule has 4 unspecified atom stereocenters. The van der Waals surface area contributed by atoms with Crippen molar-refractivity contribution >= 4 is 5.97 Å². The summed E-state index contributed by atoms with van der Waals surface area (Å²) in [7, 11) is 0. The Hall–Kier alpha value is -2.25. The van der Waals surface area contributed by atoms with Gasteiger partial charge in [0, 0.05) is 12.2 Å². The molecule has 7 heteroatoms. The molecular formula is C25H34FN3O3. The fourth-order valence-electron chi connectivity index (χ4n) is 5.50. The first-order valence-corrected chi connectivity index (χ1v) is 11.9. The molecule has 174 valence electrons. The number of carbonyl (C=O) groups is 1. The largest absolute Gasteiger partial charge is 0.480 e. The monoisotopic (exact) mass is 443 g/mol. The van der Waals surface area contributed by atoms with Gasteiger partial charge in [0.25, 0.3) is 0 Å². The van der Waals surface area contributed by atoms with Gasteiger partial charge in [-0.05, 0) is 85.6 Å². The second-order valence-electron chi connectivity index (χ2n) is 9.39. The smallest absolute Gasteiger partial charge is 0.325 e. The maximum absolute atomic E-state index is 14.0. The fourth-order valence-corrected chi connectivity index (χ4v) is 5.50. The number of aryl methyl sites for hydroxylation is 3. The summed E-state index contributed by atoms with van der Waals surface area (Å²) in [5.41, 5.74) is 10.8. The maximum atomic E-state index is 14.0. The zero-order chi connectivity index (χ0) is 22.7. The summed E-state index contributed by atoms with van der Waals surface area (Å²) >= 11 is 0. The van der Waals surface area contributed by atoms with Crippen molar-refractivity contribution in [1.29, 1.82) is 0 Å². The molecule has 0 bridgehead atoms. The van der Waals surface area contributed by atoms with E-state index in [-0.39, 0.29) is 24.5 Å². The molecule has 1 aromatic carbocycles. The number of carboxylic acid groups (broad SMARTS) is 1. The highest BCUT2D eigenvalue weighted by Crippen LogP contribution is 2.38. The first kappa shape index (κ1) is 22.9. The molecule has 2 aromatic rings. The van der Waals surface area contributed by atoms with Gasteiger partial charge in [0.15, 0.2) is 0 Å². The molecular weight excluding hydrogens is 409 g/mol. The Kier molecular flexibility index (Phi) is 7.26. The predicted octanol–water partition coefficient (Wildman–Crippen LogP) is 4.05. The van der Waals surface area contributed by atoms with Crippen LogP contribution in [-0.2, 0) is 35.3 Å². The van der Waals surface area contributed by atoms with Gasteiger partial charge in [-0.1, -0.05) is 19.4 Å². The first-order chi connectivity index (χ1) is 15.4. The molecule has 1 fully saturated rings. The summed E-state index contributed by atoms with van der Waals surface area (Å²) < 4.78 is 21.8. The lowest BCUT2D eigenvalue weighted by atomic mass is 9.76. The molecule has 0 amide bonds. The lowest BCUT2D eigenvalue weighted by molar-refractivity contribution is -0.137. The lowest BCUT2D eigenvalue weighted by Crippen LogP contribution is -2.41. The van der Waals surface area contributed by atoms with Crippen molar-refractivity contribution in [2.75, 3.05) is 6.61 Å². The SMILES string of the molecule is CCCc1ccc(F)cc1C1OCC(C2CCCc3nn(CC(=O)O)cc3CC2)CC1N. The highest BCUT2D eigenvalue weighted by molar-refractivity contribution is 5.66. The normalized spacial score (nSPS) is 26.2. The average Bonchev–Trinajstić information content (AvgIpc) is 3.09. The van der Waals surface area contributed by atoms with Crippen molar-refractivity contribution in [1.82, 2.24) is 9.78 Å². The van der Waals surface area contributed by atoms with Crippen LogP contribution in [0.1, 0.15) is 67.5 Å². The van der Waals surface area contributed by atoms with Crippen LogP contribution in [0.5, 0.6) is 0 Å². The molecule has 32 heavy (non-hydrogen) atoms. The van der Waals surface area contributed by atoms with Gasteiger partial charge in [-0.2, -0.15) is 5.10 Å². The van der Waals surface area contributed by atoms with Crippen LogP contribution < -0.4 is 5.73 Å². The third-order valence-corrected chi connectivity index (χ3v) is 7.05. The quantitative estimate of drug-likeness (QED) is 0.703. The number of ether oxygens (including phenoxy) is 1. The Morgan fingerprint density at radius 1 is 1.31 bits per heavy atom. The number of rotatable bonds is 6. The van der Waals surface area contributed by atoms with Gasteiger partial charge in [-0.15, -0.1) is 0 Å².